The smallest absolute Gasteiger partial charge is 0.147 e. The maximum atomic E-state index is 6.14. The summed E-state index contributed by atoms with van der Waals surface area (Å²) in [4.78, 5) is 9.04. The molecule has 0 amide bonds. The van der Waals surface area contributed by atoms with E-state index < -0.39 is 0 Å². The minimum atomic E-state index is 0.739. The van der Waals surface area contributed by atoms with Gasteiger partial charge in [0.2, 0.25) is 0 Å². The van der Waals surface area contributed by atoms with Crippen molar-refractivity contribution in [3.05, 3.63) is 23.4 Å². The summed E-state index contributed by atoms with van der Waals surface area (Å²) in [5, 5.41) is 0.739. The molecule has 0 atom stereocenters. The van der Waals surface area contributed by atoms with Gasteiger partial charge in [0.25, 0.3) is 0 Å². The molecular formula is C12H19ClN4. The van der Waals surface area contributed by atoms with Gasteiger partial charge in [-0.3, -0.25) is 4.90 Å². The van der Waals surface area contributed by atoms with Crippen LogP contribution in [0, 0.1) is 0 Å². The lowest BCUT2D eigenvalue weighted by atomic mass is 10.3. The molecule has 2 N–H and O–H groups in total. The first-order chi connectivity index (χ1) is 8.31. The van der Waals surface area contributed by atoms with Gasteiger partial charge in [-0.15, -0.1) is 0 Å². The van der Waals surface area contributed by atoms with Crippen molar-refractivity contribution < 1.29 is 0 Å². The molecule has 1 aliphatic heterocycles. The Labute approximate surface area is 107 Å². The number of halogens is 1. The first-order valence-electron chi connectivity index (χ1n) is 6.09. The maximum absolute atomic E-state index is 6.14. The highest BCUT2D eigenvalue weighted by Crippen LogP contribution is 2.23. The molecule has 5 heteroatoms. The largest absolute Gasteiger partial charge is 0.353 e. The van der Waals surface area contributed by atoms with Gasteiger partial charge in [-0.05, 0) is 31.6 Å². The summed E-state index contributed by atoms with van der Waals surface area (Å²) in [5.74, 6) is 0.910. The molecule has 94 valence electrons. The molecule has 1 fully saturated rings. The highest BCUT2D eigenvalue weighted by Gasteiger charge is 2.18. The summed E-state index contributed by atoms with van der Waals surface area (Å²) >= 11 is 6.14. The molecule has 0 aromatic carbocycles. The molecule has 0 aliphatic carbocycles. The standard InChI is InChI=1S/C12H19ClN4/c13-11-3-1-5-15-12(11)17-9-7-16(8-10-17)6-2-4-14/h1,3,5H,2,4,6-10,14H2. The topological polar surface area (TPSA) is 45.4 Å². The van der Waals surface area contributed by atoms with Gasteiger partial charge >= 0.3 is 0 Å². The minimum absolute atomic E-state index is 0.739. The van der Waals surface area contributed by atoms with E-state index in [1.54, 1.807) is 6.20 Å². The van der Waals surface area contributed by atoms with Crippen LogP contribution in [-0.4, -0.2) is 49.2 Å². The Bertz CT molecular complexity index is 350. The van der Waals surface area contributed by atoms with Crippen molar-refractivity contribution in [1.82, 2.24) is 9.88 Å². The van der Waals surface area contributed by atoms with Crippen LogP contribution in [0.4, 0.5) is 5.82 Å². The second-order valence-corrected chi connectivity index (χ2v) is 4.69. The van der Waals surface area contributed by atoms with Gasteiger partial charge in [-0.2, -0.15) is 0 Å². The Kier molecular flexibility index (Phi) is 4.59. The molecule has 0 unspecified atom stereocenters. The lowest BCUT2D eigenvalue weighted by Gasteiger charge is -2.35. The molecule has 17 heavy (non-hydrogen) atoms. The first kappa shape index (κ1) is 12.6. The zero-order chi connectivity index (χ0) is 12.1. The van der Waals surface area contributed by atoms with E-state index >= 15 is 0 Å². The van der Waals surface area contributed by atoms with Crippen molar-refractivity contribution in [2.75, 3.05) is 44.2 Å². The van der Waals surface area contributed by atoms with E-state index in [2.05, 4.69) is 14.8 Å². The van der Waals surface area contributed by atoms with Crippen molar-refractivity contribution in [1.29, 1.82) is 0 Å². The number of aromatic nitrogens is 1. The summed E-state index contributed by atoms with van der Waals surface area (Å²) < 4.78 is 0. The SMILES string of the molecule is NCCCN1CCN(c2ncccc2Cl)CC1. The molecule has 1 saturated heterocycles. The van der Waals surface area contributed by atoms with Gasteiger partial charge in [0, 0.05) is 32.4 Å². The summed E-state index contributed by atoms with van der Waals surface area (Å²) in [6.45, 7) is 5.97. The van der Waals surface area contributed by atoms with Crippen molar-refractivity contribution in [3.63, 3.8) is 0 Å². The molecule has 1 aromatic heterocycles. The highest BCUT2D eigenvalue weighted by molar-refractivity contribution is 6.32. The third-order valence-electron chi connectivity index (χ3n) is 3.09. The number of rotatable bonds is 4. The van der Waals surface area contributed by atoms with Crippen molar-refractivity contribution in [3.8, 4) is 0 Å². The average Bonchev–Trinajstić information content (AvgIpc) is 2.38. The van der Waals surface area contributed by atoms with Gasteiger partial charge < -0.3 is 10.6 Å². The molecule has 4 nitrogen and oxygen atoms in total. The summed E-state index contributed by atoms with van der Waals surface area (Å²) in [6, 6.07) is 3.76. The third kappa shape index (κ3) is 3.31. The number of nitrogens with two attached hydrogens (primary N) is 1. The molecule has 0 bridgehead atoms. The quantitative estimate of drug-likeness (QED) is 0.877. The van der Waals surface area contributed by atoms with E-state index in [0.29, 0.717) is 0 Å². The zero-order valence-corrected chi connectivity index (χ0v) is 10.7. The number of hydrogen-bond acceptors (Lipinski definition) is 4. The number of piperazine rings is 1. The molecule has 1 aliphatic rings. The number of anilines is 1. The van der Waals surface area contributed by atoms with E-state index in [1.807, 2.05) is 12.1 Å². The van der Waals surface area contributed by atoms with Crippen LogP contribution in [0.1, 0.15) is 6.42 Å². The summed E-state index contributed by atoms with van der Waals surface area (Å²) in [6.07, 6.45) is 2.87. The average molecular weight is 255 g/mol. The van der Waals surface area contributed by atoms with Crippen LogP contribution in [-0.2, 0) is 0 Å². The van der Waals surface area contributed by atoms with Crippen LogP contribution in [0.3, 0.4) is 0 Å². The van der Waals surface area contributed by atoms with Crippen LogP contribution in [0.25, 0.3) is 0 Å². The number of hydrogen-bond donors (Lipinski definition) is 1. The van der Waals surface area contributed by atoms with E-state index in [4.69, 9.17) is 17.3 Å². The fraction of sp³-hybridized carbons (Fsp3) is 0.583. The second-order valence-electron chi connectivity index (χ2n) is 4.28. The van der Waals surface area contributed by atoms with Crippen molar-refractivity contribution in [2.24, 2.45) is 5.73 Å². The molecule has 2 heterocycles. The lowest BCUT2D eigenvalue weighted by Crippen LogP contribution is -2.47. The Balaban J connectivity index is 1.89. The third-order valence-corrected chi connectivity index (χ3v) is 3.38. The maximum Gasteiger partial charge on any atom is 0.147 e. The van der Waals surface area contributed by atoms with E-state index in [1.165, 1.54) is 0 Å². The molecular weight excluding hydrogens is 236 g/mol. The Morgan fingerprint density at radius 2 is 2.06 bits per heavy atom. The summed E-state index contributed by atoms with van der Waals surface area (Å²) in [7, 11) is 0. The summed E-state index contributed by atoms with van der Waals surface area (Å²) in [5.41, 5.74) is 5.52. The minimum Gasteiger partial charge on any atom is -0.353 e. The first-order valence-corrected chi connectivity index (χ1v) is 6.47. The highest BCUT2D eigenvalue weighted by atomic mass is 35.5. The van der Waals surface area contributed by atoms with Gasteiger partial charge in [-0.25, -0.2) is 4.98 Å². The Morgan fingerprint density at radius 3 is 2.71 bits per heavy atom. The molecule has 0 spiro atoms. The second kappa shape index (κ2) is 6.19. The lowest BCUT2D eigenvalue weighted by molar-refractivity contribution is 0.256. The molecule has 0 saturated carbocycles. The predicted octanol–water partition coefficient (Wildman–Crippen LogP) is 1.21. The van der Waals surface area contributed by atoms with Crippen LogP contribution in [0.5, 0.6) is 0 Å². The Morgan fingerprint density at radius 1 is 1.29 bits per heavy atom. The van der Waals surface area contributed by atoms with Gasteiger partial charge in [0.1, 0.15) is 5.82 Å². The van der Waals surface area contributed by atoms with Gasteiger partial charge in [-0.1, -0.05) is 11.6 Å². The molecule has 2 rings (SSSR count). The van der Waals surface area contributed by atoms with Crippen LogP contribution in [0.2, 0.25) is 5.02 Å². The van der Waals surface area contributed by atoms with Gasteiger partial charge in [0.15, 0.2) is 0 Å². The number of pyridine rings is 1. The monoisotopic (exact) mass is 254 g/mol. The van der Waals surface area contributed by atoms with Crippen molar-refractivity contribution >= 4 is 17.4 Å². The Hall–Kier alpha value is -0.840. The fourth-order valence-corrected chi connectivity index (χ4v) is 2.35. The van der Waals surface area contributed by atoms with E-state index in [-0.39, 0.29) is 0 Å². The van der Waals surface area contributed by atoms with Crippen LogP contribution in [0.15, 0.2) is 18.3 Å². The van der Waals surface area contributed by atoms with E-state index in [0.717, 1.165) is 56.5 Å². The van der Waals surface area contributed by atoms with Crippen LogP contribution >= 0.6 is 11.6 Å². The van der Waals surface area contributed by atoms with Gasteiger partial charge in [0.05, 0.1) is 5.02 Å². The fourth-order valence-electron chi connectivity index (χ4n) is 2.11. The predicted molar refractivity (Wildman–Crippen MR) is 71.6 cm³/mol. The number of nitrogens with zero attached hydrogens (tertiary/aromatic N) is 3. The molecule has 0 radical (unpaired) electrons. The van der Waals surface area contributed by atoms with E-state index in [9.17, 15) is 0 Å². The normalized spacial score (nSPS) is 17.4. The van der Waals surface area contributed by atoms with Crippen molar-refractivity contribution in [2.45, 2.75) is 6.42 Å². The zero-order valence-electron chi connectivity index (χ0n) is 9.98. The van der Waals surface area contributed by atoms with Crippen LogP contribution < -0.4 is 10.6 Å². The molecule has 1 aromatic rings.